The molecule has 7 heteroatoms. The first-order valence-electron chi connectivity index (χ1n) is 16.8. The third-order valence-electron chi connectivity index (χ3n) is 15.1. The molecule has 4 N–H and O–H groups in total. The van der Waals surface area contributed by atoms with Gasteiger partial charge in [0.1, 0.15) is 18.3 Å². The van der Waals surface area contributed by atoms with Crippen molar-refractivity contribution in [1.29, 1.82) is 0 Å². The zero-order valence-electron chi connectivity index (χ0n) is 26.9. The van der Waals surface area contributed by atoms with Crippen LogP contribution < -0.4 is 0 Å². The zero-order valence-corrected chi connectivity index (χ0v) is 26.9. The lowest BCUT2D eigenvalue weighted by Crippen LogP contribution is -2.66. The number of allylic oxidation sites excluding steroid dienone is 2. The Morgan fingerprint density at radius 2 is 1.62 bits per heavy atom. The van der Waals surface area contributed by atoms with E-state index >= 15 is 0 Å². The quantitative estimate of drug-likeness (QED) is 0.252. The van der Waals surface area contributed by atoms with Crippen molar-refractivity contribution in [2.45, 2.75) is 137 Å². The molecule has 6 aliphatic rings. The summed E-state index contributed by atoms with van der Waals surface area (Å²) in [5.41, 5.74) is 0.885. The van der Waals surface area contributed by atoms with E-state index in [0.717, 1.165) is 57.8 Å². The molecule has 42 heavy (non-hydrogen) atoms. The molecule has 0 aromatic heterocycles. The van der Waals surface area contributed by atoms with Crippen molar-refractivity contribution in [3.63, 3.8) is 0 Å². The van der Waals surface area contributed by atoms with Crippen LogP contribution >= 0.6 is 0 Å². The highest BCUT2D eigenvalue weighted by Crippen LogP contribution is 2.76. The molecule has 0 amide bonds. The molecule has 7 nitrogen and oxygen atoms in total. The lowest BCUT2D eigenvalue weighted by Gasteiger charge is -2.71. The van der Waals surface area contributed by atoms with Crippen molar-refractivity contribution in [3.8, 4) is 0 Å². The summed E-state index contributed by atoms with van der Waals surface area (Å²) in [4.78, 5) is 13.0. The maximum absolute atomic E-state index is 13.0. The number of rotatable bonds is 3. The summed E-state index contributed by atoms with van der Waals surface area (Å²) >= 11 is 0. The molecule has 5 aliphatic carbocycles. The lowest BCUT2D eigenvalue weighted by atomic mass is 9.33. The predicted molar refractivity (Wildman–Crippen MR) is 159 cm³/mol. The molecule has 5 fully saturated rings. The first-order valence-corrected chi connectivity index (χ1v) is 16.8. The number of aliphatic hydroxyl groups excluding tert-OH is 3. The molecule has 0 aromatic carbocycles. The fraction of sp³-hybridized carbons (Fsp3) is 0.914. The molecule has 1 unspecified atom stereocenters. The Labute approximate surface area is 252 Å². The summed E-state index contributed by atoms with van der Waals surface area (Å²) < 4.78 is 12.1. The van der Waals surface area contributed by atoms with E-state index in [9.17, 15) is 25.2 Å². The van der Waals surface area contributed by atoms with Crippen LogP contribution in [-0.2, 0) is 14.3 Å². The first kappa shape index (κ1) is 31.0. The van der Waals surface area contributed by atoms with E-state index in [4.69, 9.17) is 9.47 Å². The van der Waals surface area contributed by atoms with Gasteiger partial charge in [-0.3, -0.25) is 4.79 Å². The van der Waals surface area contributed by atoms with Gasteiger partial charge in [-0.15, -0.1) is 0 Å². The van der Waals surface area contributed by atoms with Crippen LogP contribution in [0.5, 0.6) is 0 Å². The maximum Gasteiger partial charge on any atom is 0.310 e. The second-order valence-electron chi connectivity index (χ2n) is 16.8. The number of hydrogen-bond donors (Lipinski definition) is 4. The Morgan fingerprint density at radius 3 is 2.31 bits per heavy atom. The molecular weight excluding hydrogens is 532 g/mol. The van der Waals surface area contributed by atoms with E-state index in [1.807, 2.05) is 0 Å². The van der Waals surface area contributed by atoms with Crippen molar-refractivity contribution >= 4 is 5.97 Å². The third-order valence-corrected chi connectivity index (χ3v) is 15.1. The number of fused-ring (bicyclic) bond motifs is 7. The van der Waals surface area contributed by atoms with E-state index in [2.05, 4.69) is 54.5 Å². The van der Waals surface area contributed by atoms with Crippen molar-refractivity contribution in [3.05, 3.63) is 11.6 Å². The highest BCUT2D eigenvalue weighted by Gasteiger charge is 2.69. The summed E-state index contributed by atoms with van der Waals surface area (Å²) in [6, 6.07) is 0. The SMILES string of the molecule is C[C@H]1[C@H](C)CC[C@]2(C(=O)O)CC[C@]3(C)C(=CC[C@@H]4[C@@]5(C)CCC(O[C@@H]6OC[C@H](O)[C@H](O)[C@H]6O)C(C)(C)[C@@H]5CC[C@]43C)[C@H]12. The fourth-order valence-corrected chi connectivity index (χ4v) is 12.1. The van der Waals surface area contributed by atoms with Gasteiger partial charge in [0.25, 0.3) is 0 Å². The summed E-state index contributed by atoms with van der Waals surface area (Å²) in [7, 11) is 0. The number of carboxylic acids is 1. The molecule has 1 aliphatic heterocycles. The van der Waals surface area contributed by atoms with E-state index in [1.54, 1.807) is 0 Å². The minimum Gasteiger partial charge on any atom is -0.481 e. The number of carboxylic acid groups (broad SMARTS) is 1. The Bertz CT molecular complexity index is 1120. The summed E-state index contributed by atoms with van der Waals surface area (Å²) in [5.74, 6) is 1.38. The van der Waals surface area contributed by atoms with Crippen LogP contribution in [0.2, 0.25) is 0 Å². The number of ether oxygens (including phenoxy) is 2. The van der Waals surface area contributed by atoms with Crippen LogP contribution in [0.15, 0.2) is 11.6 Å². The number of hydrogen-bond acceptors (Lipinski definition) is 6. The number of aliphatic hydroxyl groups is 3. The average molecular weight is 589 g/mol. The van der Waals surface area contributed by atoms with Crippen molar-refractivity contribution in [2.24, 2.45) is 56.7 Å². The summed E-state index contributed by atoms with van der Waals surface area (Å²) in [5, 5.41) is 41.4. The van der Waals surface area contributed by atoms with E-state index < -0.39 is 36.0 Å². The monoisotopic (exact) mass is 588 g/mol. The second-order valence-corrected chi connectivity index (χ2v) is 16.8. The number of aliphatic carboxylic acids is 1. The molecule has 1 saturated heterocycles. The van der Waals surface area contributed by atoms with Gasteiger partial charge < -0.3 is 29.9 Å². The van der Waals surface area contributed by atoms with Crippen LogP contribution in [0.25, 0.3) is 0 Å². The van der Waals surface area contributed by atoms with Gasteiger partial charge in [-0.25, -0.2) is 0 Å². The normalized spacial score (nSPS) is 55.3. The molecular formula is C35H56O7. The molecule has 0 radical (unpaired) electrons. The van der Waals surface area contributed by atoms with Crippen molar-refractivity contribution in [2.75, 3.05) is 6.61 Å². The highest BCUT2D eigenvalue weighted by atomic mass is 16.7. The second kappa shape index (κ2) is 10.0. The smallest absolute Gasteiger partial charge is 0.310 e. The van der Waals surface area contributed by atoms with Gasteiger partial charge in [0.15, 0.2) is 6.29 Å². The van der Waals surface area contributed by atoms with Gasteiger partial charge in [0.2, 0.25) is 0 Å². The van der Waals surface area contributed by atoms with Crippen molar-refractivity contribution < 1.29 is 34.7 Å². The topological polar surface area (TPSA) is 116 Å². The lowest BCUT2D eigenvalue weighted by molar-refractivity contribution is -0.308. The minimum absolute atomic E-state index is 0.00660. The van der Waals surface area contributed by atoms with Crippen LogP contribution in [0, 0.1) is 56.7 Å². The largest absolute Gasteiger partial charge is 0.481 e. The van der Waals surface area contributed by atoms with Crippen LogP contribution in [0.1, 0.15) is 106 Å². The molecule has 4 saturated carbocycles. The highest BCUT2D eigenvalue weighted by molar-refractivity contribution is 5.76. The molecule has 14 atom stereocenters. The zero-order chi connectivity index (χ0) is 30.6. The van der Waals surface area contributed by atoms with Gasteiger partial charge in [-0.1, -0.05) is 60.1 Å². The van der Waals surface area contributed by atoms with E-state index in [0.29, 0.717) is 23.7 Å². The van der Waals surface area contributed by atoms with Crippen molar-refractivity contribution in [1.82, 2.24) is 0 Å². The third kappa shape index (κ3) is 3.98. The first-order chi connectivity index (χ1) is 19.5. The fourth-order valence-electron chi connectivity index (χ4n) is 12.1. The van der Waals surface area contributed by atoms with Gasteiger partial charge in [0, 0.05) is 0 Å². The summed E-state index contributed by atoms with van der Waals surface area (Å²) in [6.45, 7) is 16.8. The minimum atomic E-state index is -1.27. The Morgan fingerprint density at radius 1 is 0.905 bits per heavy atom. The molecule has 1 heterocycles. The van der Waals surface area contributed by atoms with Crippen LogP contribution in [-0.4, -0.2) is 63.7 Å². The number of carbonyl (C=O) groups is 1. The van der Waals surface area contributed by atoms with E-state index in [1.165, 1.54) is 5.57 Å². The van der Waals surface area contributed by atoms with E-state index in [-0.39, 0.29) is 40.3 Å². The Kier molecular flexibility index (Phi) is 7.39. The average Bonchev–Trinajstić information content (AvgIpc) is 2.92. The van der Waals surface area contributed by atoms with Crippen LogP contribution in [0.4, 0.5) is 0 Å². The Hall–Kier alpha value is -0.990. The maximum atomic E-state index is 13.0. The van der Waals surface area contributed by atoms with Crippen LogP contribution in [0.3, 0.4) is 0 Å². The summed E-state index contributed by atoms with van der Waals surface area (Å²) in [6.07, 6.45) is 6.46. The standard InChI is InChI=1S/C35H56O7/c1-19-10-15-35(30(39)40)17-16-33(6)21(26(35)20(19)2)8-9-24-32(5)13-12-25(31(3,4)23(32)11-14-34(24,33)7)42-29-28(38)27(37)22(36)18-41-29/h8,19-20,22-29,36-38H,9-18H2,1-7H3,(H,39,40)/t19-,20+,22+,23+,24-,25?,26+,27+,28-,29+,32+,33-,34-,35+/m1/s1. The van der Waals surface area contributed by atoms with Gasteiger partial charge >= 0.3 is 5.97 Å². The predicted octanol–water partition coefficient (Wildman–Crippen LogP) is 5.55. The van der Waals surface area contributed by atoms with Gasteiger partial charge in [-0.2, -0.15) is 0 Å². The van der Waals surface area contributed by atoms with Gasteiger partial charge in [0.05, 0.1) is 18.1 Å². The molecule has 0 spiro atoms. The molecule has 0 aromatic rings. The Balaban J connectivity index is 1.31. The molecule has 6 rings (SSSR count). The van der Waals surface area contributed by atoms with Gasteiger partial charge in [-0.05, 0) is 109 Å². The molecule has 238 valence electrons. The molecule has 0 bridgehead atoms.